The molecule has 5 heteroatoms. The number of nitrogens with one attached hydrogen (secondary N) is 2. The lowest BCUT2D eigenvalue weighted by atomic mass is 9.97. The van der Waals surface area contributed by atoms with Crippen LogP contribution in [-0.4, -0.2) is 24.0 Å². The zero-order valence-corrected chi connectivity index (χ0v) is 6.31. The van der Waals surface area contributed by atoms with Crippen LogP contribution in [-0.2, 0) is 4.79 Å². The number of urea groups is 1. The molecular formula is C6H11N3O2. The van der Waals surface area contributed by atoms with Gasteiger partial charge in [-0.15, -0.1) is 0 Å². The number of carbonyl (C=O) groups is 2. The van der Waals surface area contributed by atoms with Crippen molar-refractivity contribution in [2.75, 3.05) is 6.54 Å². The number of hydrogen-bond donors (Lipinski definition) is 3. The Hall–Kier alpha value is -1.10. The van der Waals surface area contributed by atoms with Gasteiger partial charge in [-0.05, 0) is 6.42 Å². The fourth-order valence-corrected chi connectivity index (χ4v) is 1.07. The van der Waals surface area contributed by atoms with E-state index in [1.165, 1.54) is 0 Å². The Morgan fingerprint density at radius 3 is 2.36 bits per heavy atom. The van der Waals surface area contributed by atoms with Crippen molar-refractivity contribution in [1.82, 2.24) is 10.6 Å². The third-order valence-corrected chi connectivity index (χ3v) is 1.97. The van der Waals surface area contributed by atoms with E-state index in [4.69, 9.17) is 5.73 Å². The van der Waals surface area contributed by atoms with E-state index in [1.807, 2.05) is 0 Å². The van der Waals surface area contributed by atoms with Crippen LogP contribution in [0.3, 0.4) is 0 Å². The first kappa shape index (κ1) is 8.00. The summed E-state index contributed by atoms with van der Waals surface area (Å²) in [7, 11) is 0. The molecule has 0 bridgehead atoms. The predicted molar refractivity (Wildman–Crippen MR) is 38.8 cm³/mol. The Balaban J connectivity index is 2.84. The number of carbonyl (C=O) groups excluding carboxylic acids is 2. The van der Waals surface area contributed by atoms with Crippen molar-refractivity contribution in [1.29, 1.82) is 0 Å². The summed E-state index contributed by atoms with van der Waals surface area (Å²) in [5.41, 5.74) is 4.49. The van der Waals surface area contributed by atoms with E-state index in [1.54, 1.807) is 6.92 Å². The largest absolute Gasteiger partial charge is 0.328 e. The second kappa shape index (κ2) is 2.50. The molecule has 0 radical (unpaired) electrons. The predicted octanol–water partition coefficient (Wildman–Crippen LogP) is -1.07. The Bertz CT molecular complexity index is 198. The third kappa shape index (κ3) is 1.07. The zero-order chi connectivity index (χ0) is 8.48. The standard InChI is InChI=1S/C6H11N3O2/c1-2-6(3-7)4(10)8-5(11)9-6/h2-3,7H2,1H3,(H2,8,9,10,11). The summed E-state index contributed by atoms with van der Waals surface area (Å²) in [6.45, 7) is 1.94. The molecule has 11 heavy (non-hydrogen) atoms. The Morgan fingerprint density at radius 1 is 1.55 bits per heavy atom. The lowest BCUT2D eigenvalue weighted by Crippen LogP contribution is -2.52. The van der Waals surface area contributed by atoms with Crippen LogP contribution in [0.1, 0.15) is 13.3 Å². The fraction of sp³-hybridized carbons (Fsp3) is 0.667. The van der Waals surface area contributed by atoms with Gasteiger partial charge in [0, 0.05) is 6.54 Å². The average molecular weight is 157 g/mol. The first-order chi connectivity index (χ1) is 5.14. The molecule has 1 atom stereocenters. The molecule has 0 aromatic carbocycles. The lowest BCUT2D eigenvalue weighted by Gasteiger charge is -2.21. The highest BCUT2D eigenvalue weighted by Crippen LogP contribution is 2.12. The summed E-state index contributed by atoms with van der Waals surface area (Å²) in [5, 5.41) is 4.63. The summed E-state index contributed by atoms with van der Waals surface area (Å²) in [4.78, 5) is 21.8. The molecule has 62 valence electrons. The molecule has 4 N–H and O–H groups in total. The number of nitrogens with two attached hydrogens (primary N) is 1. The number of imide groups is 1. The molecule has 5 nitrogen and oxygen atoms in total. The monoisotopic (exact) mass is 157 g/mol. The van der Waals surface area contributed by atoms with E-state index < -0.39 is 11.6 Å². The molecule has 0 aromatic heterocycles. The molecule has 1 unspecified atom stereocenters. The number of hydrogen-bond acceptors (Lipinski definition) is 3. The van der Waals surface area contributed by atoms with Gasteiger partial charge >= 0.3 is 6.03 Å². The molecule has 0 spiro atoms. The summed E-state index contributed by atoms with van der Waals surface area (Å²) < 4.78 is 0. The van der Waals surface area contributed by atoms with Crippen LogP contribution >= 0.6 is 0 Å². The van der Waals surface area contributed by atoms with Crippen molar-refractivity contribution in [2.45, 2.75) is 18.9 Å². The highest BCUT2D eigenvalue weighted by molar-refractivity contribution is 6.07. The highest BCUT2D eigenvalue weighted by atomic mass is 16.2. The second-order valence-corrected chi connectivity index (χ2v) is 2.55. The maximum Gasteiger partial charge on any atom is 0.322 e. The number of rotatable bonds is 2. The molecule has 0 saturated carbocycles. The minimum absolute atomic E-state index is 0.140. The second-order valence-electron chi connectivity index (χ2n) is 2.55. The van der Waals surface area contributed by atoms with Crippen molar-refractivity contribution < 1.29 is 9.59 Å². The first-order valence-corrected chi connectivity index (χ1v) is 3.48. The van der Waals surface area contributed by atoms with Crippen molar-refractivity contribution >= 4 is 11.9 Å². The summed E-state index contributed by atoms with van der Waals surface area (Å²) >= 11 is 0. The summed E-state index contributed by atoms with van der Waals surface area (Å²) in [6, 6.07) is -0.456. The van der Waals surface area contributed by atoms with Crippen molar-refractivity contribution in [3.63, 3.8) is 0 Å². The average Bonchev–Trinajstić information content (AvgIpc) is 2.27. The van der Waals surface area contributed by atoms with Gasteiger partial charge in [-0.3, -0.25) is 10.1 Å². The van der Waals surface area contributed by atoms with Gasteiger partial charge in [-0.1, -0.05) is 6.92 Å². The molecule has 0 aromatic rings. The van der Waals surface area contributed by atoms with E-state index in [0.29, 0.717) is 6.42 Å². The van der Waals surface area contributed by atoms with E-state index >= 15 is 0 Å². The highest BCUT2D eigenvalue weighted by Gasteiger charge is 2.43. The van der Waals surface area contributed by atoms with Crippen molar-refractivity contribution in [3.05, 3.63) is 0 Å². The van der Waals surface area contributed by atoms with Crippen molar-refractivity contribution in [2.24, 2.45) is 5.73 Å². The third-order valence-electron chi connectivity index (χ3n) is 1.97. The van der Waals surface area contributed by atoms with Crippen LogP contribution in [0.15, 0.2) is 0 Å². The zero-order valence-electron chi connectivity index (χ0n) is 6.31. The summed E-state index contributed by atoms with van der Waals surface area (Å²) in [6.07, 6.45) is 0.515. The van der Waals surface area contributed by atoms with Gasteiger partial charge < -0.3 is 11.1 Å². The molecule has 1 aliphatic heterocycles. The number of amides is 3. The van der Waals surface area contributed by atoms with Crippen LogP contribution in [0, 0.1) is 0 Å². The molecule has 1 heterocycles. The van der Waals surface area contributed by atoms with Crippen molar-refractivity contribution in [3.8, 4) is 0 Å². The molecule has 1 saturated heterocycles. The first-order valence-electron chi connectivity index (χ1n) is 3.48. The van der Waals surface area contributed by atoms with E-state index in [0.717, 1.165) is 0 Å². The summed E-state index contributed by atoms with van der Waals surface area (Å²) in [5.74, 6) is -0.326. The van der Waals surface area contributed by atoms with Gasteiger partial charge in [-0.2, -0.15) is 0 Å². The van der Waals surface area contributed by atoms with Crippen LogP contribution in [0.2, 0.25) is 0 Å². The van der Waals surface area contributed by atoms with Crippen LogP contribution in [0.5, 0.6) is 0 Å². The Morgan fingerprint density at radius 2 is 2.18 bits per heavy atom. The van der Waals surface area contributed by atoms with Gasteiger partial charge in [-0.25, -0.2) is 4.79 Å². The smallest absolute Gasteiger partial charge is 0.322 e. The van der Waals surface area contributed by atoms with Gasteiger partial charge in [0.1, 0.15) is 5.54 Å². The Kier molecular flexibility index (Phi) is 1.82. The molecule has 1 rings (SSSR count). The van der Waals surface area contributed by atoms with Crippen LogP contribution < -0.4 is 16.4 Å². The van der Waals surface area contributed by atoms with Crippen LogP contribution in [0.4, 0.5) is 4.79 Å². The lowest BCUT2D eigenvalue weighted by molar-refractivity contribution is -0.123. The quantitative estimate of drug-likeness (QED) is 0.446. The minimum Gasteiger partial charge on any atom is -0.328 e. The maximum atomic E-state index is 11.1. The van der Waals surface area contributed by atoms with E-state index in [9.17, 15) is 9.59 Å². The van der Waals surface area contributed by atoms with Gasteiger partial charge in [0.15, 0.2) is 0 Å². The van der Waals surface area contributed by atoms with Gasteiger partial charge in [0.2, 0.25) is 0 Å². The molecular weight excluding hydrogens is 146 g/mol. The fourth-order valence-electron chi connectivity index (χ4n) is 1.07. The SMILES string of the molecule is CCC1(CN)NC(=O)NC1=O. The topological polar surface area (TPSA) is 84.2 Å². The van der Waals surface area contributed by atoms with E-state index in [-0.39, 0.29) is 12.5 Å². The maximum absolute atomic E-state index is 11.1. The molecule has 0 aliphatic carbocycles. The molecule has 1 aliphatic rings. The molecule has 1 fully saturated rings. The normalized spacial score (nSPS) is 30.0. The van der Waals surface area contributed by atoms with E-state index in [2.05, 4.69) is 10.6 Å². The molecule has 3 amide bonds. The Labute approximate surface area is 64.3 Å². The van der Waals surface area contributed by atoms with Crippen LogP contribution in [0.25, 0.3) is 0 Å². The minimum atomic E-state index is -0.864. The van der Waals surface area contributed by atoms with Gasteiger partial charge in [0.25, 0.3) is 5.91 Å². The van der Waals surface area contributed by atoms with Gasteiger partial charge in [0.05, 0.1) is 0 Å².